The first-order valence-corrected chi connectivity index (χ1v) is 8.92. The summed E-state index contributed by atoms with van der Waals surface area (Å²) in [6.07, 6.45) is 4.27. The van der Waals surface area contributed by atoms with E-state index in [1.165, 1.54) is 11.1 Å². The summed E-state index contributed by atoms with van der Waals surface area (Å²) in [6, 6.07) is 18.6. The lowest BCUT2D eigenvalue weighted by Crippen LogP contribution is -2.20. The number of carboxylic acid groups (broad SMARTS) is 1. The average molecular weight is 341 g/mol. The molecule has 2 rings (SSSR count). The molecule has 2 aromatic carbocycles. The maximum atomic E-state index is 10.4. The topological polar surface area (TPSA) is 58.6 Å². The lowest BCUT2D eigenvalue weighted by molar-refractivity contribution is -0.136. The van der Waals surface area contributed by atoms with Gasteiger partial charge in [0.1, 0.15) is 5.75 Å². The number of rotatable bonds is 12. The number of hydrogen-bond donors (Lipinski definition) is 2. The zero-order valence-electron chi connectivity index (χ0n) is 14.6. The third kappa shape index (κ3) is 8.36. The minimum Gasteiger partial charge on any atom is -0.494 e. The monoisotopic (exact) mass is 341 g/mol. The van der Waals surface area contributed by atoms with Gasteiger partial charge >= 0.3 is 5.97 Å². The Morgan fingerprint density at radius 2 is 1.72 bits per heavy atom. The highest BCUT2D eigenvalue weighted by molar-refractivity contribution is 5.66. The molecular weight excluding hydrogens is 314 g/mol. The maximum Gasteiger partial charge on any atom is 0.304 e. The van der Waals surface area contributed by atoms with E-state index in [0.29, 0.717) is 6.54 Å². The summed E-state index contributed by atoms with van der Waals surface area (Å²) in [4.78, 5) is 10.4. The van der Waals surface area contributed by atoms with Gasteiger partial charge in [-0.15, -0.1) is 0 Å². The van der Waals surface area contributed by atoms with Crippen LogP contribution in [0.5, 0.6) is 5.75 Å². The molecular formula is C21H27NO3. The Morgan fingerprint density at radius 1 is 0.920 bits per heavy atom. The van der Waals surface area contributed by atoms with Gasteiger partial charge in [0.2, 0.25) is 0 Å². The quantitative estimate of drug-likeness (QED) is 0.578. The molecule has 0 amide bonds. The second-order valence-corrected chi connectivity index (χ2v) is 6.08. The molecule has 0 aliphatic heterocycles. The molecule has 25 heavy (non-hydrogen) atoms. The molecule has 2 N–H and O–H groups in total. The molecule has 0 saturated heterocycles. The molecule has 0 aliphatic carbocycles. The summed E-state index contributed by atoms with van der Waals surface area (Å²) in [5.41, 5.74) is 2.57. The van der Waals surface area contributed by atoms with E-state index < -0.39 is 5.97 Å². The van der Waals surface area contributed by atoms with Gasteiger partial charge in [-0.05, 0) is 55.5 Å². The van der Waals surface area contributed by atoms with Crippen LogP contribution in [-0.4, -0.2) is 30.8 Å². The van der Waals surface area contributed by atoms with Crippen LogP contribution in [0.1, 0.15) is 30.4 Å². The highest BCUT2D eigenvalue weighted by Gasteiger charge is 1.99. The Kier molecular flexibility index (Phi) is 8.56. The molecule has 0 saturated carbocycles. The Hall–Kier alpha value is -2.33. The van der Waals surface area contributed by atoms with Gasteiger partial charge in [-0.2, -0.15) is 0 Å². The van der Waals surface area contributed by atoms with Crippen LogP contribution in [0.3, 0.4) is 0 Å². The number of carboxylic acids is 1. The molecule has 2 aromatic rings. The van der Waals surface area contributed by atoms with Gasteiger partial charge in [0.25, 0.3) is 0 Å². The van der Waals surface area contributed by atoms with Crippen LogP contribution in [0.25, 0.3) is 0 Å². The summed E-state index contributed by atoms with van der Waals surface area (Å²) in [5.74, 6) is 0.137. The Bertz CT molecular complexity index is 628. The smallest absolute Gasteiger partial charge is 0.304 e. The fourth-order valence-corrected chi connectivity index (χ4v) is 2.61. The first-order chi connectivity index (χ1) is 12.2. The van der Waals surface area contributed by atoms with Crippen molar-refractivity contribution < 1.29 is 14.6 Å². The maximum absolute atomic E-state index is 10.4. The van der Waals surface area contributed by atoms with E-state index in [4.69, 9.17) is 9.84 Å². The molecule has 4 nitrogen and oxygen atoms in total. The molecule has 0 unspecified atom stereocenters. The molecule has 0 heterocycles. The van der Waals surface area contributed by atoms with E-state index in [-0.39, 0.29) is 6.42 Å². The highest BCUT2D eigenvalue weighted by atomic mass is 16.5. The summed E-state index contributed by atoms with van der Waals surface area (Å²) in [7, 11) is 0. The first-order valence-electron chi connectivity index (χ1n) is 8.92. The van der Waals surface area contributed by atoms with Crippen molar-refractivity contribution in [2.24, 2.45) is 0 Å². The van der Waals surface area contributed by atoms with Gasteiger partial charge in [0, 0.05) is 6.54 Å². The minimum absolute atomic E-state index is 0.159. The zero-order chi connectivity index (χ0) is 17.7. The van der Waals surface area contributed by atoms with E-state index in [9.17, 15) is 4.79 Å². The lowest BCUT2D eigenvalue weighted by Gasteiger charge is -2.09. The summed E-state index contributed by atoms with van der Waals surface area (Å²) >= 11 is 0. The van der Waals surface area contributed by atoms with Crippen molar-refractivity contribution in [3.8, 4) is 5.75 Å². The fraction of sp³-hybridized carbons (Fsp3) is 0.381. The van der Waals surface area contributed by atoms with Crippen molar-refractivity contribution in [3.63, 3.8) is 0 Å². The van der Waals surface area contributed by atoms with Crippen molar-refractivity contribution in [3.05, 3.63) is 65.7 Å². The van der Waals surface area contributed by atoms with Crippen molar-refractivity contribution in [2.75, 3.05) is 19.7 Å². The van der Waals surface area contributed by atoms with E-state index in [2.05, 4.69) is 41.7 Å². The van der Waals surface area contributed by atoms with Gasteiger partial charge < -0.3 is 15.2 Å². The summed E-state index contributed by atoms with van der Waals surface area (Å²) < 4.78 is 5.85. The van der Waals surface area contributed by atoms with Crippen LogP contribution < -0.4 is 10.1 Å². The SMILES string of the molecule is O=C(O)CCNCCc1cccc(OCCCCc2ccccc2)c1. The molecule has 0 radical (unpaired) electrons. The zero-order valence-corrected chi connectivity index (χ0v) is 14.6. The van der Waals surface area contributed by atoms with Crippen molar-refractivity contribution in [2.45, 2.75) is 32.1 Å². The molecule has 0 bridgehead atoms. The number of aliphatic carboxylic acids is 1. The van der Waals surface area contributed by atoms with Crippen LogP contribution in [0.2, 0.25) is 0 Å². The number of hydrogen-bond acceptors (Lipinski definition) is 3. The number of ether oxygens (including phenoxy) is 1. The first kappa shape index (κ1) is 19.0. The predicted molar refractivity (Wildman–Crippen MR) is 100 cm³/mol. The summed E-state index contributed by atoms with van der Waals surface area (Å²) in [5, 5.41) is 11.7. The van der Waals surface area contributed by atoms with Gasteiger partial charge in [0.05, 0.1) is 13.0 Å². The van der Waals surface area contributed by atoms with Gasteiger partial charge in [0.15, 0.2) is 0 Å². The second kappa shape index (κ2) is 11.3. The molecule has 0 aliphatic rings. The van der Waals surface area contributed by atoms with Crippen LogP contribution in [0.4, 0.5) is 0 Å². The predicted octanol–water partition coefficient (Wildman–Crippen LogP) is 3.70. The van der Waals surface area contributed by atoms with E-state index in [1.54, 1.807) is 0 Å². The van der Waals surface area contributed by atoms with E-state index in [1.807, 2.05) is 18.2 Å². The fourth-order valence-electron chi connectivity index (χ4n) is 2.61. The van der Waals surface area contributed by atoms with Gasteiger partial charge in [-0.1, -0.05) is 42.5 Å². The highest BCUT2D eigenvalue weighted by Crippen LogP contribution is 2.14. The van der Waals surface area contributed by atoms with Crippen molar-refractivity contribution >= 4 is 5.97 Å². The standard InChI is InChI=1S/C21H27NO3/c23-21(24)13-15-22-14-12-19-10-6-11-20(17-19)25-16-5-4-9-18-7-2-1-3-8-18/h1-3,6-8,10-11,17,22H,4-5,9,12-16H2,(H,23,24). The lowest BCUT2D eigenvalue weighted by atomic mass is 10.1. The Balaban J connectivity index is 1.61. The van der Waals surface area contributed by atoms with E-state index in [0.717, 1.165) is 44.6 Å². The average Bonchev–Trinajstić information content (AvgIpc) is 2.62. The van der Waals surface area contributed by atoms with Crippen LogP contribution in [0, 0.1) is 0 Å². The third-order valence-corrected chi connectivity index (χ3v) is 3.98. The number of unbranched alkanes of at least 4 members (excludes halogenated alkanes) is 1. The Labute approximate surface area is 149 Å². The van der Waals surface area contributed by atoms with Crippen molar-refractivity contribution in [1.82, 2.24) is 5.32 Å². The summed E-state index contributed by atoms with van der Waals surface area (Å²) in [6.45, 7) is 2.01. The number of carbonyl (C=O) groups is 1. The molecule has 0 atom stereocenters. The number of nitrogens with one attached hydrogen (secondary N) is 1. The van der Waals surface area contributed by atoms with Crippen LogP contribution in [0.15, 0.2) is 54.6 Å². The van der Waals surface area contributed by atoms with Gasteiger partial charge in [-0.25, -0.2) is 0 Å². The molecule has 0 spiro atoms. The molecule has 4 heteroatoms. The second-order valence-electron chi connectivity index (χ2n) is 6.08. The molecule has 0 aromatic heterocycles. The Morgan fingerprint density at radius 3 is 2.52 bits per heavy atom. The van der Waals surface area contributed by atoms with Crippen LogP contribution in [-0.2, 0) is 17.6 Å². The third-order valence-electron chi connectivity index (χ3n) is 3.98. The van der Waals surface area contributed by atoms with Crippen molar-refractivity contribution in [1.29, 1.82) is 0 Å². The number of aryl methyl sites for hydroxylation is 1. The normalized spacial score (nSPS) is 10.6. The van der Waals surface area contributed by atoms with Gasteiger partial charge in [-0.3, -0.25) is 4.79 Å². The molecule has 134 valence electrons. The molecule has 0 fully saturated rings. The number of benzene rings is 2. The minimum atomic E-state index is -0.768. The van der Waals surface area contributed by atoms with Crippen LogP contribution >= 0.6 is 0 Å². The van der Waals surface area contributed by atoms with E-state index >= 15 is 0 Å². The largest absolute Gasteiger partial charge is 0.494 e.